The molecule has 1 saturated carbocycles. The van der Waals surface area contributed by atoms with Crippen molar-refractivity contribution in [3.8, 4) is 0 Å². The Morgan fingerprint density at radius 3 is 2.43 bits per heavy atom. The summed E-state index contributed by atoms with van der Waals surface area (Å²) in [6.45, 7) is 2.15. The van der Waals surface area contributed by atoms with E-state index in [1.165, 1.54) is 11.3 Å². The number of carboxylic acids is 1. The van der Waals surface area contributed by atoms with Crippen molar-refractivity contribution in [2.24, 2.45) is 5.41 Å². The van der Waals surface area contributed by atoms with Crippen LogP contribution in [0.15, 0.2) is 9.85 Å². The number of halogens is 1. The van der Waals surface area contributed by atoms with Crippen molar-refractivity contribution in [3.05, 3.63) is 20.3 Å². The van der Waals surface area contributed by atoms with Crippen molar-refractivity contribution in [3.63, 3.8) is 0 Å². The molecule has 1 fully saturated rings. The van der Waals surface area contributed by atoms with Crippen molar-refractivity contribution < 1.29 is 14.7 Å². The molecule has 0 unspecified atom stereocenters. The second-order valence-corrected chi connectivity index (χ2v) is 8.12. The van der Waals surface area contributed by atoms with Gasteiger partial charge in [0.05, 0.1) is 14.1 Å². The number of aryl methyl sites for hydroxylation is 1. The largest absolute Gasteiger partial charge is 0.481 e. The van der Waals surface area contributed by atoms with Crippen molar-refractivity contribution in [2.45, 2.75) is 45.4 Å². The van der Waals surface area contributed by atoms with Gasteiger partial charge in [0.15, 0.2) is 0 Å². The van der Waals surface area contributed by atoms with E-state index in [9.17, 15) is 14.7 Å². The summed E-state index contributed by atoms with van der Waals surface area (Å²) in [4.78, 5) is 24.5. The zero-order valence-corrected chi connectivity index (χ0v) is 14.5. The minimum atomic E-state index is -0.796. The minimum absolute atomic E-state index is 0.182. The van der Waals surface area contributed by atoms with Crippen LogP contribution in [0.4, 0.5) is 0 Å². The van der Waals surface area contributed by atoms with Gasteiger partial charge in [-0.3, -0.25) is 9.59 Å². The van der Waals surface area contributed by atoms with Crippen LogP contribution < -0.4 is 5.32 Å². The van der Waals surface area contributed by atoms with Gasteiger partial charge in [0.25, 0.3) is 5.91 Å². The fourth-order valence-electron chi connectivity index (χ4n) is 2.78. The molecule has 0 atom stereocenters. The van der Waals surface area contributed by atoms with E-state index in [1.807, 2.05) is 13.0 Å². The van der Waals surface area contributed by atoms with Gasteiger partial charge in [-0.05, 0) is 47.3 Å². The standard InChI is InChI=1S/C15H20BrNO3S/c1-10-8-11(21-12(10)16)13(18)17-9-15(14(19)20)6-4-2-3-5-7-15/h8H,2-7,9H2,1H3,(H,17,18)(H,19,20). The van der Waals surface area contributed by atoms with Crippen LogP contribution in [0.25, 0.3) is 0 Å². The number of carbonyl (C=O) groups is 2. The Labute approximate surface area is 137 Å². The molecule has 1 aliphatic rings. The zero-order valence-electron chi connectivity index (χ0n) is 12.1. The number of carbonyl (C=O) groups excluding carboxylic acids is 1. The van der Waals surface area contributed by atoms with E-state index in [1.54, 1.807) is 0 Å². The summed E-state index contributed by atoms with van der Waals surface area (Å²) in [7, 11) is 0. The topological polar surface area (TPSA) is 66.4 Å². The molecule has 0 bridgehead atoms. The Hall–Kier alpha value is -0.880. The normalized spacial score (nSPS) is 18.0. The summed E-state index contributed by atoms with van der Waals surface area (Å²) < 4.78 is 0.940. The average molecular weight is 374 g/mol. The summed E-state index contributed by atoms with van der Waals surface area (Å²) in [6.07, 6.45) is 5.31. The van der Waals surface area contributed by atoms with Gasteiger partial charge in [-0.2, -0.15) is 0 Å². The van der Waals surface area contributed by atoms with Crippen molar-refractivity contribution in [1.82, 2.24) is 5.32 Å². The Bertz CT molecular complexity index is 514. The Balaban J connectivity index is 2.04. The molecule has 21 heavy (non-hydrogen) atoms. The first-order valence-corrected chi connectivity index (χ1v) is 8.83. The van der Waals surface area contributed by atoms with Crippen LogP contribution >= 0.6 is 27.3 Å². The van der Waals surface area contributed by atoms with Gasteiger partial charge in [0.1, 0.15) is 0 Å². The third-order valence-corrected chi connectivity index (χ3v) is 6.32. The molecule has 0 aliphatic heterocycles. The quantitative estimate of drug-likeness (QED) is 0.784. The summed E-state index contributed by atoms with van der Waals surface area (Å²) in [5.41, 5.74) is 0.225. The molecule has 1 aliphatic carbocycles. The number of hydrogen-bond acceptors (Lipinski definition) is 3. The number of rotatable bonds is 4. The SMILES string of the molecule is Cc1cc(C(=O)NCC2(C(=O)O)CCCCCC2)sc1Br. The molecule has 1 amide bonds. The Morgan fingerprint density at radius 2 is 1.95 bits per heavy atom. The molecule has 0 aromatic carbocycles. The number of nitrogens with one attached hydrogen (secondary N) is 1. The predicted octanol–water partition coefficient (Wildman–Crippen LogP) is 3.97. The highest BCUT2D eigenvalue weighted by Gasteiger charge is 2.39. The first-order valence-electron chi connectivity index (χ1n) is 7.22. The number of thiophene rings is 1. The molecule has 0 radical (unpaired) electrons. The first-order chi connectivity index (χ1) is 9.94. The maximum atomic E-state index is 12.2. The lowest BCUT2D eigenvalue weighted by atomic mass is 9.80. The lowest BCUT2D eigenvalue weighted by Crippen LogP contribution is -2.42. The van der Waals surface area contributed by atoms with Gasteiger partial charge in [0.2, 0.25) is 0 Å². The van der Waals surface area contributed by atoms with Crippen LogP contribution in [0.3, 0.4) is 0 Å². The number of amides is 1. The van der Waals surface area contributed by atoms with Gasteiger partial charge < -0.3 is 10.4 Å². The van der Waals surface area contributed by atoms with Gasteiger partial charge in [0, 0.05) is 6.54 Å². The van der Waals surface area contributed by atoms with E-state index in [-0.39, 0.29) is 12.5 Å². The van der Waals surface area contributed by atoms with Gasteiger partial charge in [-0.15, -0.1) is 11.3 Å². The van der Waals surface area contributed by atoms with E-state index < -0.39 is 11.4 Å². The molecule has 0 spiro atoms. The van der Waals surface area contributed by atoms with Crippen molar-refractivity contribution >= 4 is 39.1 Å². The fraction of sp³-hybridized carbons (Fsp3) is 0.600. The van der Waals surface area contributed by atoms with Crippen LogP contribution in [0.2, 0.25) is 0 Å². The van der Waals surface area contributed by atoms with Crippen molar-refractivity contribution in [1.29, 1.82) is 0 Å². The monoisotopic (exact) mass is 373 g/mol. The molecule has 1 heterocycles. The van der Waals surface area contributed by atoms with Crippen LogP contribution in [-0.2, 0) is 4.79 Å². The smallest absolute Gasteiger partial charge is 0.311 e. The molecular formula is C15H20BrNO3S. The van der Waals surface area contributed by atoms with E-state index >= 15 is 0 Å². The second-order valence-electron chi connectivity index (χ2n) is 5.75. The fourth-order valence-corrected chi connectivity index (χ4v) is 4.23. The molecular weight excluding hydrogens is 354 g/mol. The summed E-state index contributed by atoms with van der Waals surface area (Å²) in [5, 5.41) is 12.4. The van der Waals surface area contributed by atoms with Crippen LogP contribution in [0, 0.1) is 12.3 Å². The second kappa shape index (κ2) is 6.92. The van der Waals surface area contributed by atoms with E-state index in [0.29, 0.717) is 17.7 Å². The summed E-state index contributed by atoms with van der Waals surface area (Å²) >= 11 is 4.78. The van der Waals surface area contributed by atoms with E-state index in [4.69, 9.17) is 0 Å². The minimum Gasteiger partial charge on any atom is -0.481 e. The maximum absolute atomic E-state index is 12.2. The van der Waals surface area contributed by atoms with E-state index in [0.717, 1.165) is 35.0 Å². The zero-order chi connectivity index (χ0) is 15.5. The lowest BCUT2D eigenvalue weighted by molar-refractivity contribution is -0.149. The van der Waals surface area contributed by atoms with Gasteiger partial charge >= 0.3 is 5.97 Å². The highest BCUT2D eigenvalue weighted by Crippen LogP contribution is 2.35. The van der Waals surface area contributed by atoms with E-state index in [2.05, 4.69) is 21.2 Å². The molecule has 1 aromatic heterocycles. The third-order valence-electron chi connectivity index (χ3n) is 4.18. The molecule has 116 valence electrons. The maximum Gasteiger partial charge on any atom is 0.311 e. The van der Waals surface area contributed by atoms with Crippen molar-refractivity contribution in [2.75, 3.05) is 6.54 Å². The number of carboxylic acid groups (broad SMARTS) is 1. The Morgan fingerprint density at radius 1 is 1.33 bits per heavy atom. The third kappa shape index (κ3) is 3.86. The van der Waals surface area contributed by atoms with Crippen LogP contribution in [0.5, 0.6) is 0 Å². The highest BCUT2D eigenvalue weighted by atomic mass is 79.9. The average Bonchev–Trinajstić information content (AvgIpc) is 2.67. The molecule has 0 saturated heterocycles. The predicted molar refractivity (Wildman–Crippen MR) is 86.9 cm³/mol. The summed E-state index contributed by atoms with van der Waals surface area (Å²) in [6, 6.07) is 1.82. The highest BCUT2D eigenvalue weighted by molar-refractivity contribution is 9.11. The van der Waals surface area contributed by atoms with Crippen LogP contribution in [-0.4, -0.2) is 23.5 Å². The molecule has 1 aromatic rings. The number of hydrogen-bond donors (Lipinski definition) is 2. The Kier molecular flexibility index (Phi) is 5.43. The lowest BCUT2D eigenvalue weighted by Gasteiger charge is -2.28. The molecule has 2 rings (SSSR count). The molecule has 4 nitrogen and oxygen atoms in total. The molecule has 6 heteroatoms. The van der Waals surface area contributed by atoms with Crippen LogP contribution in [0.1, 0.15) is 53.8 Å². The molecule has 2 N–H and O–H groups in total. The first kappa shape index (κ1) is 16.5. The summed E-state index contributed by atoms with van der Waals surface area (Å²) in [5.74, 6) is -0.966. The van der Waals surface area contributed by atoms with Gasteiger partial charge in [-0.25, -0.2) is 0 Å². The van der Waals surface area contributed by atoms with Gasteiger partial charge in [-0.1, -0.05) is 25.7 Å². The number of aliphatic carboxylic acids is 1.